The average molecular weight is 261 g/mol. The topological polar surface area (TPSA) is 83.5 Å². The molecule has 1 saturated carbocycles. The van der Waals surface area contributed by atoms with E-state index in [2.05, 4.69) is 4.72 Å². The van der Waals surface area contributed by atoms with E-state index in [1.807, 2.05) is 0 Å². The number of carbonyl (C=O) groups is 1. The Balaban J connectivity index is 2.20. The zero-order chi connectivity index (χ0) is 11.8. The predicted octanol–water partition coefficient (Wildman–Crippen LogP) is 1.13. The monoisotopic (exact) mass is 261 g/mol. The van der Waals surface area contributed by atoms with Crippen LogP contribution in [0.3, 0.4) is 0 Å². The molecule has 2 rings (SSSR count). The van der Waals surface area contributed by atoms with Crippen LogP contribution in [0, 0.1) is 5.92 Å². The van der Waals surface area contributed by atoms with Crippen molar-refractivity contribution in [1.29, 1.82) is 0 Å². The van der Waals surface area contributed by atoms with Crippen molar-refractivity contribution in [1.82, 2.24) is 4.72 Å². The minimum atomic E-state index is -3.67. The van der Waals surface area contributed by atoms with Crippen molar-refractivity contribution in [3.63, 3.8) is 0 Å². The maximum atomic E-state index is 11.8. The lowest BCUT2D eigenvalue weighted by Crippen LogP contribution is -2.26. The first-order chi connectivity index (χ1) is 7.50. The number of sulfonamides is 1. The van der Waals surface area contributed by atoms with Crippen LogP contribution in [0.5, 0.6) is 0 Å². The van der Waals surface area contributed by atoms with Gasteiger partial charge in [-0.05, 0) is 30.2 Å². The van der Waals surface area contributed by atoms with Gasteiger partial charge in [-0.2, -0.15) is 0 Å². The molecule has 0 atom stereocenters. The number of carboxylic acids is 1. The Morgan fingerprint density at radius 2 is 2.25 bits per heavy atom. The molecular formula is C9H11NO4S2. The van der Waals surface area contributed by atoms with E-state index in [4.69, 9.17) is 5.11 Å². The van der Waals surface area contributed by atoms with E-state index in [0.29, 0.717) is 12.5 Å². The van der Waals surface area contributed by atoms with E-state index in [9.17, 15) is 13.2 Å². The Labute approximate surface area is 97.2 Å². The van der Waals surface area contributed by atoms with Gasteiger partial charge in [0, 0.05) is 6.54 Å². The predicted molar refractivity (Wildman–Crippen MR) is 59.2 cm³/mol. The molecule has 0 unspecified atom stereocenters. The molecule has 7 heteroatoms. The third-order valence-electron chi connectivity index (χ3n) is 2.37. The fraction of sp³-hybridized carbons (Fsp3) is 0.444. The standard InChI is InChI=1S/C9H11NO4S2/c11-9(12)8-7(3-4-15-8)16(13,14)10-5-6-1-2-6/h3-4,6,10H,1-2,5H2,(H,11,12). The van der Waals surface area contributed by atoms with Gasteiger partial charge < -0.3 is 5.11 Å². The molecule has 16 heavy (non-hydrogen) atoms. The summed E-state index contributed by atoms with van der Waals surface area (Å²) in [5, 5.41) is 10.3. The lowest BCUT2D eigenvalue weighted by molar-refractivity contribution is 0.0698. The molecule has 0 saturated heterocycles. The molecule has 88 valence electrons. The Hall–Kier alpha value is -0.920. The number of thiophene rings is 1. The summed E-state index contributed by atoms with van der Waals surface area (Å²) < 4.78 is 26.0. The van der Waals surface area contributed by atoms with Gasteiger partial charge >= 0.3 is 5.97 Å². The Morgan fingerprint density at radius 1 is 1.56 bits per heavy atom. The van der Waals surface area contributed by atoms with Gasteiger partial charge in [-0.25, -0.2) is 17.9 Å². The van der Waals surface area contributed by atoms with Gasteiger partial charge in [-0.1, -0.05) is 0 Å². The number of hydrogen-bond donors (Lipinski definition) is 2. The maximum absolute atomic E-state index is 11.8. The van der Waals surface area contributed by atoms with Crippen LogP contribution in [0.4, 0.5) is 0 Å². The van der Waals surface area contributed by atoms with E-state index in [1.54, 1.807) is 0 Å². The van der Waals surface area contributed by atoms with Gasteiger partial charge in [-0.3, -0.25) is 0 Å². The molecule has 1 heterocycles. The van der Waals surface area contributed by atoms with Crippen LogP contribution in [0.1, 0.15) is 22.5 Å². The van der Waals surface area contributed by atoms with Crippen LogP contribution < -0.4 is 4.72 Å². The van der Waals surface area contributed by atoms with Crippen LogP contribution in [0.25, 0.3) is 0 Å². The van der Waals surface area contributed by atoms with Gasteiger partial charge in [-0.15, -0.1) is 11.3 Å². The molecule has 1 aromatic heterocycles. The van der Waals surface area contributed by atoms with Crippen molar-refractivity contribution in [3.8, 4) is 0 Å². The lowest BCUT2D eigenvalue weighted by Gasteiger charge is -2.04. The molecule has 5 nitrogen and oxygen atoms in total. The summed E-state index contributed by atoms with van der Waals surface area (Å²) >= 11 is 0.916. The van der Waals surface area contributed by atoms with Crippen LogP contribution in [0.15, 0.2) is 16.3 Å². The smallest absolute Gasteiger partial charge is 0.347 e. The molecular weight excluding hydrogens is 250 g/mol. The van der Waals surface area contributed by atoms with Crippen molar-refractivity contribution < 1.29 is 18.3 Å². The minimum absolute atomic E-state index is 0.134. The molecule has 0 bridgehead atoms. The molecule has 1 fully saturated rings. The highest BCUT2D eigenvalue weighted by molar-refractivity contribution is 7.89. The van der Waals surface area contributed by atoms with E-state index in [0.717, 1.165) is 24.2 Å². The highest BCUT2D eigenvalue weighted by Crippen LogP contribution is 2.29. The van der Waals surface area contributed by atoms with Crippen LogP contribution in [-0.4, -0.2) is 26.0 Å². The van der Waals surface area contributed by atoms with Gasteiger partial charge in [0.05, 0.1) is 0 Å². The van der Waals surface area contributed by atoms with Crippen molar-refractivity contribution >= 4 is 27.3 Å². The van der Waals surface area contributed by atoms with Gasteiger partial charge in [0.15, 0.2) is 0 Å². The van der Waals surface area contributed by atoms with Crippen LogP contribution in [-0.2, 0) is 10.0 Å². The molecule has 1 aromatic rings. The summed E-state index contributed by atoms with van der Waals surface area (Å²) in [7, 11) is -3.67. The molecule has 0 amide bonds. The average Bonchev–Trinajstić information content (AvgIpc) is 2.88. The number of rotatable bonds is 5. The lowest BCUT2D eigenvalue weighted by atomic mass is 10.4. The van der Waals surface area contributed by atoms with Gasteiger partial charge in [0.2, 0.25) is 10.0 Å². The van der Waals surface area contributed by atoms with Crippen LogP contribution >= 0.6 is 11.3 Å². The summed E-state index contributed by atoms with van der Waals surface area (Å²) in [6, 6.07) is 1.32. The largest absolute Gasteiger partial charge is 0.477 e. The Bertz CT molecular complexity index is 501. The quantitative estimate of drug-likeness (QED) is 0.832. The fourth-order valence-corrected chi connectivity index (χ4v) is 3.67. The van der Waals surface area contributed by atoms with Gasteiger partial charge in [0.25, 0.3) is 0 Å². The molecule has 0 spiro atoms. The Morgan fingerprint density at radius 3 is 2.81 bits per heavy atom. The number of carboxylic acid groups (broad SMARTS) is 1. The second-order valence-electron chi connectivity index (χ2n) is 3.71. The van der Waals surface area contributed by atoms with E-state index >= 15 is 0 Å². The highest BCUT2D eigenvalue weighted by Gasteiger charge is 2.27. The number of hydrogen-bond acceptors (Lipinski definition) is 4. The third-order valence-corrected chi connectivity index (χ3v) is 4.87. The maximum Gasteiger partial charge on any atom is 0.347 e. The summed E-state index contributed by atoms with van der Waals surface area (Å²) in [4.78, 5) is 10.5. The second kappa shape index (κ2) is 4.15. The first kappa shape index (κ1) is 11.6. The van der Waals surface area contributed by atoms with E-state index in [-0.39, 0.29) is 9.77 Å². The van der Waals surface area contributed by atoms with Crippen LogP contribution in [0.2, 0.25) is 0 Å². The zero-order valence-electron chi connectivity index (χ0n) is 8.34. The third kappa shape index (κ3) is 2.42. The first-order valence-electron chi connectivity index (χ1n) is 4.81. The van der Waals surface area contributed by atoms with Crippen molar-refractivity contribution in [2.45, 2.75) is 17.7 Å². The summed E-state index contributed by atoms with van der Waals surface area (Å²) in [5.74, 6) is -0.788. The minimum Gasteiger partial charge on any atom is -0.477 e. The van der Waals surface area contributed by atoms with Crippen molar-refractivity contribution in [2.24, 2.45) is 5.92 Å². The molecule has 1 aliphatic rings. The molecule has 0 radical (unpaired) electrons. The molecule has 0 aliphatic heterocycles. The molecule has 1 aliphatic carbocycles. The fourth-order valence-electron chi connectivity index (χ4n) is 1.29. The normalized spacial score (nSPS) is 16.2. The SMILES string of the molecule is O=C(O)c1sccc1S(=O)(=O)NCC1CC1. The Kier molecular flexibility index (Phi) is 3.00. The summed E-state index contributed by atoms with van der Waals surface area (Å²) in [6.07, 6.45) is 2.08. The van der Waals surface area contributed by atoms with Crippen molar-refractivity contribution in [2.75, 3.05) is 6.54 Å². The van der Waals surface area contributed by atoms with Crippen molar-refractivity contribution in [3.05, 3.63) is 16.3 Å². The summed E-state index contributed by atoms with van der Waals surface area (Å²) in [6.45, 7) is 0.400. The zero-order valence-corrected chi connectivity index (χ0v) is 9.97. The summed E-state index contributed by atoms with van der Waals surface area (Å²) in [5.41, 5.74) is 0. The van der Waals surface area contributed by atoms with E-state index < -0.39 is 16.0 Å². The number of nitrogens with one attached hydrogen (secondary N) is 1. The first-order valence-corrected chi connectivity index (χ1v) is 7.17. The molecule has 2 N–H and O–H groups in total. The second-order valence-corrected chi connectivity index (χ2v) is 6.37. The van der Waals surface area contributed by atoms with Gasteiger partial charge in [0.1, 0.15) is 9.77 Å². The highest BCUT2D eigenvalue weighted by atomic mass is 32.2. The number of aromatic carboxylic acids is 1. The van der Waals surface area contributed by atoms with E-state index in [1.165, 1.54) is 11.4 Å². The molecule has 0 aromatic carbocycles.